The van der Waals surface area contributed by atoms with E-state index in [1.54, 1.807) is 37.3 Å². The number of aromatic carboxylic acids is 1. The average Bonchev–Trinajstić information content (AvgIpc) is 2.87. The number of carbonyl (C=O) groups is 1. The Labute approximate surface area is 211 Å². The topological polar surface area (TPSA) is 103 Å². The van der Waals surface area contributed by atoms with Crippen LogP contribution in [-0.4, -0.2) is 27.0 Å². The number of hydrogen-bond donors (Lipinski definition) is 3. The number of aryl methyl sites for hydroxylation is 1. The number of carboxylic acid groups (broad SMARTS) is 1. The molecule has 0 amide bonds. The molecule has 3 aromatic carbocycles. The fourth-order valence-electron chi connectivity index (χ4n) is 4.08. The molecule has 3 N–H and O–H groups in total. The molecule has 0 aliphatic rings. The van der Waals surface area contributed by atoms with Gasteiger partial charge in [-0.25, -0.2) is 9.18 Å². The molecule has 0 saturated heterocycles. The number of nitrogens with one attached hydrogen (secondary N) is 1. The highest BCUT2D eigenvalue weighted by Gasteiger charge is 2.22. The van der Waals surface area contributed by atoms with Crippen molar-refractivity contribution in [3.05, 3.63) is 128 Å². The first kappa shape index (κ1) is 24.9. The molecule has 6 nitrogen and oxygen atoms in total. The SMILES string of the molecule is Cc1cc(/C(CC(c2ccc(-c3ccc(C(=O)O)cc3)cc2)c2ccc(Cl)cc2F)=N/O)c[nH]c1=O. The van der Waals surface area contributed by atoms with Gasteiger partial charge in [-0.05, 0) is 59.5 Å². The van der Waals surface area contributed by atoms with E-state index in [4.69, 9.17) is 16.7 Å². The first-order chi connectivity index (χ1) is 17.3. The van der Waals surface area contributed by atoms with Crippen LogP contribution < -0.4 is 5.56 Å². The van der Waals surface area contributed by atoms with Gasteiger partial charge >= 0.3 is 5.97 Å². The third kappa shape index (κ3) is 5.37. The van der Waals surface area contributed by atoms with Crippen molar-refractivity contribution in [1.29, 1.82) is 0 Å². The molecule has 1 aromatic heterocycles. The minimum absolute atomic E-state index is 0.146. The van der Waals surface area contributed by atoms with Crippen LogP contribution in [0, 0.1) is 12.7 Å². The van der Waals surface area contributed by atoms with Crippen LogP contribution in [-0.2, 0) is 0 Å². The highest BCUT2D eigenvalue weighted by Crippen LogP contribution is 2.34. The number of benzene rings is 3. The maximum Gasteiger partial charge on any atom is 0.335 e. The Hall–Kier alpha value is -4.23. The first-order valence-electron chi connectivity index (χ1n) is 11.1. The molecule has 182 valence electrons. The van der Waals surface area contributed by atoms with E-state index in [1.165, 1.54) is 24.4 Å². The molecule has 8 heteroatoms. The number of hydrogen-bond acceptors (Lipinski definition) is 4. The number of carboxylic acids is 1. The van der Waals surface area contributed by atoms with E-state index < -0.39 is 17.7 Å². The molecule has 0 fully saturated rings. The molecule has 4 rings (SSSR count). The van der Waals surface area contributed by atoms with Crippen LogP contribution in [0.2, 0.25) is 5.02 Å². The molecule has 0 bridgehead atoms. The standard InChI is InChI=1S/C28H22ClFN2O4/c1-16-12-21(15-31-27(16)33)26(32-36)14-24(23-11-10-22(29)13-25(23)30)19-6-2-17(3-7-19)18-4-8-20(9-5-18)28(34)35/h2-13,15,24,36H,14H2,1H3,(H,31,33)(H,34,35)/b32-26+. The van der Waals surface area contributed by atoms with E-state index in [9.17, 15) is 14.8 Å². The van der Waals surface area contributed by atoms with Gasteiger partial charge in [0.1, 0.15) is 5.82 Å². The van der Waals surface area contributed by atoms with Gasteiger partial charge in [0.15, 0.2) is 0 Å². The zero-order valence-corrected chi connectivity index (χ0v) is 20.0. The second-order valence-corrected chi connectivity index (χ2v) is 8.81. The van der Waals surface area contributed by atoms with Gasteiger partial charge in [-0.1, -0.05) is 59.2 Å². The minimum atomic E-state index is -0.997. The summed E-state index contributed by atoms with van der Waals surface area (Å²) < 4.78 is 15.0. The summed E-state index contributed by atoms with van der Waals surface area (Å²) >= 11 is 5.97. The predicted octanol–water partition coefficient (Wildman–Crippen LogP) is 6.24. The zero-order valence-electron chi connectivity index (χ0n) is 19.2. The predicted molar refractivity (Wildman–Crippen MR) is 137 cm³/mol. The van der Waals surface area contributed by atoms with Crippen LogP contribution in [0.4, 0.5) is 4.39 Å². The van der Waals surface area contributed by atoms with E-state index in [-0.39, 0.29) is 28.3 Å². The van der Waals surface area contributed by atoms with Crippen LogP contribution >= 0.6 is 11.6 Å². The molecule has 36 heavy (non-hydrogen) atoms. The Balaban J connectivity index is 1.72. The fourth-order valence-corrected chi connectivity index (χ4v) is 4.24. The van der Waals surface area contributed by atoms with Crippen molar-refractivity contribution in [2.75, 3.05) is 0 Å². The van der Waals surface area contributed by atoms with Crippen molar-refractivity contribution in [3.8, 4) is 11.1 Å². The number of pyridine rings is 1. The maximum atomic E-state index is 15.0. The second kappa shape index (κ2) is 10.6. The lowest BCUT2D eigenvalue weighted by Crippen LogP contribution is -2.15. The number of halogens is 2. The van der Waals surface area contributed by atoms with Gasteiger partial charge < -0.3 is 15.3 Å². The smallest absolute Gasteiger partial charge is 0.335 e. The number of aromatic nitrogens is 1. The highest BCUT2D eigenvalue weighted by atomic mass is 35.5. The van der Waals surface area contributed by atoms with Crippen LogP contribution in [0.5, 0.6) is 0 Å². The molecule has 0 aliphatic heterocycles. The summed E-state index contributed by atoms with van der Waals surface area (Å²) in [5.41, 5.74) is 4.04. The third-order valence-electron chi connectivity index (χ3n) is 6.06. The van der Waals surface area contributed by atoms with Gasteiger partial charge in [-0.15, -0.1) is 0 Å². The van der Waals surface area contributed by atoms with E-state index in [0.717, 1.165) is 16.7 Å². The van der Waals surface area contributed by atoms with Crippen molar-refractivity contribution in [2.24, 2.45) is 5.16 Å². The molecular weight excluding hydrogens is 483 g/mol. The monoisotopic (exact) mass is 504 g/mol. The van der Waals surface area contributed by atoms with Crippen LogP contribution in [0.3, 0.4) is 0 Å². The molecule has 0 saturated carbocycles. The molecule has 1 unspecified atom stereocenters. The fraction of sp³-hybridized carbons (Fsp3) is 0.107. The summed E-state index contributed by atoms with van der Waals surface area (Å²) in [6.07, 6.45) is 1.61. The molecule has 4 aromatic rings. The summed E-state index contributed by atoms with van der Waals surface area (Å²) in [4.78, 5) is 25.5. The molecule has 0 aliphatic carbocycles. The molecule has 0 spiro atoms. The van der Waals surface area contributed by atoms with Crippen molar-refractivity contribution in [2.45, 2.75) is 19.3 Å². The van der Waals surface area contributed by atoms with Crippen LogP contribution in [0.1, 0.15) is 45.0 Å². The Bertz CT molecular complexity index is 1500. The van der Waals surface area contributed by atoms with E-state index in [2.05, 4.69) is 10.1 Å². The van der Waals surface area contributed by atoms with Crippen LogP contribution in [0.25, 0.3) is 11.1 Å². The lowest BCUT2D eigenvalue weighted by Gasteiger charge is -2.20. The third-order valence-corrected chi connectivity index (χ3v) is 6.29. The summed E-state index contributed by atoms with van der Waals surface area (Å²) in [6.45, 7) is 1.65. The van der Waals surface area contributed by atoms with Gasteiger partial charge in [0.2, 0.25) is 0 Å². The lowest BCUT2D eigenvalue weighted by molar-refractivity contribution is 0.0697. The number of H-pyrrole nitrogens is 1. The molecular formula is C28H22ClFN2O4. The van der Waals surface area contributed by atoms with Crippen molar-refractivity contribution >= 4 is 23.3 Å². The van der Waals surface area contributed by atoms with Gasteiger partial charge in [0.05, 0.1) is 11.3 Å². The Kier molecular flexibility index (Phi) is 7.31. The van der Waals surface area contributed by atoms with E-state index in [1.807, 2.05) is 24.3 Å². The van der Waals surface area contributed by atoms with Gasteiger partial charge in [0, 0.05) is 34.7 Å². The molecule has 0 radical (unpaired) electrons. The number of nitrogens with zero attached hydrogens (tertiary/aromatic N) is 1. The van der Waals surface area contributed by atoms with Crippen molar-refractivity contribution in [1.82, 2.24) is 4.98 Å². The van der Waals surface area contributed by atoms with Gasteiger partial charge in [0.25, 0.3) is 5.56 Å². The first-order valence-corrected chi connectivity index (χ1v) is 11.4. The van der Waals surface area contributed by atoms with Crippen LogP contribution in [0.15, 0.2) is 88.9 Å². The quantitative estimate of drug-likeness (QED) is 0.157. The molecule has 1 atom stereocenters. The summed E-state index contributed by atoms with van der Waals surface area (Å²) in [5.74, 6) is -2.01. The van der Waals surface area contributed by atoms with Crippen molar-refractivity contribution in [3.63, 3.8) is 0 Å². The summed E-state index contributed by atoms with van der Waals surface area (Å²) in [5, 5.41) is 22.6. The van der Waals surface area contributed by atoms with Crippen molar-refractivity contribution < 1.29 is 19.5 Å². The van der Waals surface area contributed by atoms with E-state index in [0.29, 0.717) is 16.7 Å². The summed E-state index contributed by atoms with van der Waals surface area (Å²) in [7, 11) is 0. The largest absolute Gasteiger partial charge is 0.478 e. The van der Waals surface area contributed by atoms with Gasteiger partial charge in [-0.2, -0.15) is 0 Å². The average molecular weight is 505 g/mol. The second-order valence-electron chi connectivity index (χ2n) is 8.37. The van der Waals surface area contributed by atoms with Gasteiger partial charge in [-0.3, -0.25) is 4.79 Å². The minimum Gasteiger partial charge on any atom is -0.478 e. The van der Waals surface area contributed by atoms with E-state index >= 15 is 4.39 Å². The number of oxime groups is 1. The lowest BCUT2D eigenvalue weighted by atomic mass is 9.84. The Morgan fingerprint density at radius 3 is 2.19 bits per heavy atom. The highest BCUT2D eigenvalue weighted by molar-refractivity contribution is 6.30. The Morgan fingerprint density at radius 2 is 1.64 bits per heavy atom. The Morgan fingerprint density at radius 1 is 1.00 bits per heavy atom. The molecule has 1 heterocycles. The number of aromatic amines is 1. The summed E-state index contributed by atoms with van der Waals surface area (Å²) in [6, 6.07) is 20.0. The number of rotatable bonds is 7. The normalized spacial score (nSPS) is 12.4. The zero-order chi connectivity index (χ0) is 25.8. The maximum absolute atomic E-state index is 15.0.